The van der Waals surface area contributed by atoms with Gasteiger partial charge in [-0.3, -0.25) is 0 Å². The number of anilines is 1. The number of methoxy groups -OCH3 is 1. The third-order valence-corrected chi connectivity index (χ3v) is 4.77. The summed E-state index contributed by atoms with van der Waals surface area (Å²) < 4.78 is 7.20. The standard InChI is InChI=1S/C18H18N6OS/c1-12-23-24-11-13(20-18(24)26-12)9-10-19-17-8-7-15(21-22-17)14-5-3-4-6-16(14)25-2/h3-8,11H,9-10H2,1-2H3,(H,19,22). The van der Waals surface area contributed by atoms with Crippen LogP contribution in [0.3, 0.4) is 0 Å². The van der Waals surface area contributed by atoms with Gasteiger partial charge < -0.3 is 10.1 Å². The molecular formula is C18H18N6OS. The summed E-state index contributed by atoms with van der Waals surface area (Å²) in [6, 6.07) is 11.6. The molecule has 26 heavy (non-hydrogen) atoms. The molecule has 4 aromatic rings. The SMILES string of the molecule is COc1ccccc1-c1ccc(NCCc2cn3nc(C)sc3n2)nn1. The zero-order chi connectivity index (χ0) is 17.9. The molecule has 0 unspecified atom stereocenters. The maximum absolute atomic E-state index is 5.37. The lowest BCUT2D eigenvalue weighted by Crippen LogP contribution is -2.07. The van der Waals surface area contributed by atoms with E-state index in [1.165, 1.54) is 0 Å². The van der Waals surface area contributed by atoms with E-state index in [2.05, 4.69) is 25.6 Å². The number of nitrogens with one attached hydrogen (secondary N) is 1. The molecule has 0 aliphatic carbocycles. The largest absolute Gasteiger partial charge is 0.496 e. The van der Waals surface area contributed by atoms with Gasteiger partial charge in [-0.25, -0.2) is 9.50 Å². The summed E-state index contributed by atoms with van der Waals surface area (Å²) in [6.45, 7) is 2.71. The molecule has 0 atom stereocenters. The van der Waals surface area contributed by atoms with E-state index in [0.29, 0.717) is 0 Å². The molecule has 132 valence electrons. The van der Waals surface area contributed by atoms with Crippen molar-refractivity contribution >= 4 is 22.1 Å². The van der Waals surface area contributed by atoms with Crippen LogP contribution in [0.25, 0.3) is 16.2 Å². The molecule has 7 nitrogen and oxygen atoms in total. The fourth-order valence-corrected chi connectivity index (χ4v) is 3.45. The average Bonchev–Trinajstić information content (AvgIpc) is 3.19. The fraction of sp³-hybridized carbons (Fsp3) is 0.222. The molecule has 0 amide bonds. The molecule has 1 aromatic carbocycles. The summed E-state index contributed by atoms with van der Waals surface area (Å²) in [6.07, 6.45) is 2.77. The molecule has 0 aliphatic rings. The summed E-state index contributed by atoms with van der Waals surface area (Å²) in [5, 5.41) is 17.2. The highest BCUT2D eigenvalue weighted by Crippen LogP contribution is 2.27. The highest BCUT2D eigenvalue weighted by molar-refractivity contribution is 7.16. The number of hydrogen-bond donors (Lipinski definition) is 1. The van der Waals surface area contributed by atoms with E-state index in [1.807, 2.05) is 54.0 Å². The van der Waals surface area contributed by atoms with Gasteiger partial charge >= 0.3 is 0 Å². The van der Waals surface area contributed by atoms with Crippen LogP contribution in [0.1, 0.15) is 10.7 Å². The van der Waals surface area contributed by atoms with Gasteiger partial charge in [-0.05, 0) is 31.2 Å². The Morgan fingerprint density at radius 2 is 2.04 bits per heavy atom. The van der Waals surface area contributed by atoms with Crippen molar-refractivity contribution in [2.45, 2.75) is 13.3 Å². The summed E-state index contributed by atoms with van der Waals surface area (Å²) in [5.74, 6) is 1.52. The Morgan fingerprint density at radius 1 is 1.15 bits per heavy atom. The molecule has 3 aromatic heterocycles. The Labute approximate surface area is 154 Å². The minimum atomic E-state index is 0.729. The monoisotopic (exact) mass is 366 g/mol. The minimum Gasteiger partial charge on any atom is -0.496 e. The molecule has 0 radical (unpaired) electrons. The third kappa shape index (κ3) is 3.36. The van der Waals surface area contributed by atoms with Gasteiger partial charge in [0.05, 0.1) is 24.7 Å². The summed E-state index contributed by atoms with van der Waals surface area (Å²) >= 11 is 1.59. The number of hydrogen-bond acceptors (Lipinski definition) is 7. The number of fused-ring (bicyclic) bond motifs is 1. The quantitative estimate of drug-likeness (QED) is 0.565. The van der Waals surface area contributed by atoms with Crippen molar-refractivity contribution < 1.29 is 4.74 Å². The summed E-state index contributed by atoms with van der Waals surface area (Å²) in [4.78, 5) is 5.50. The Balaban J connectivity index is 1.38. The number of benzene rings is 1. The van der Waals surface area contributed by atoms with Crippen molar-refractivity contribution in [3.8, 4) is 17.0 Å². The van der Waals surface area contributed by atoms with Gasteiger partial charge in [0.1, 0.15) is 16.6 Å². The lowest BCUT2D eigenvalue weighted by Gasteiger charge is -2.08. The minimum absolute atomic E-state index is 0.729. The van der Waals surface area contributed by atoms with Gasteiger partial charge in [0.2, 0.25) is 4.96 Å². The molecule has 1 N–H and O–H groups in total. The molecule has 0 aliphatic heterocycles. The van der Waals surface area contributed by atoms with E-state index >= 15 is 0 Å². The molecular weight excluding hydrogens is 348 g/mol. The number of rotatable bonds is 6. The summed E-state index contributed by atoms with van der Waals surface area (Å²) in [5.41, 5.74) is 2.72. The van der Waals surface area contributed by atoms with Crippen LogP contribution >= 0.6 is 11.3 Å². The first-order valence-electron chi connectivity index (χ1n) is 8.25. The first-order valence-corrected chi connectivity index (χ1v) is 9.07. The number of aromatic nitrogens is 5. The molecule has 4 rings (SSSR count). The van der Waals surface area contributed by atoms with Crippen molar-refractivity contribution in [2.24, 2.45) is 0 Å². The lowest BCUT2D eigenvalue weighted by molar-refractivity contribution is 0.416. The Bertz CT molecular complexity index is 992. The van der Waals surface area contributed by atoms with Gasteiger partial charge in [0, 0.05) is 18.5 Å². The van der Waals surface area contributed by atoms with Crippen LogP contribution in [0, 0.1) is 6.92 Å². The smallest absolute Gasteiger partial charge is 0.212 e. The van der Waals surface area contributed by atoms with Gasteiger partial charge in [-0.15, -0.1) is 10.2 Å². The maximum atomic E-state index is 5.37. The second kappa shape index (κ2) is 7.09. The van der Waals surface area contributed by atoms with E-state index in [9.17, 15) is 0 Å². The third-order valence-electron chi connectivity index (χ3n) is 3.93. The first-order chi connectivity index (χ1) is 12.7. The molecule has 8 heteroatoms. The van der Waals surface area contributed by atoms with Crippen molar-refractivity contribution in [2.75, 3.05) is 19.0 Å². The number of para-hydroxylation sites is 1. The Kier molecular flexibility index (Phi) is 4.49. The molecule has 0 saturated carbocycles. The predicted octanol–water partition coefficient (Wildman–Crippen LogP) is 3.22. The van der Waals surface area contributed by atoms with Gasteiger partial charge in [-0.1, -0.05) is 23.5 Å². The molecule has 0 bridgehead atoms. The fourth-order valence-electron chi connectivity index (χ4n) is 2.71. The maximum Gasteiger partial charge on any atom is 0.212 e. The predicted molar refractivity (Wildman–Crippen MR) is 102 cm³/mol. The van der Waals surface area contributed by atoms with Crippen molar-refractivity contribution in [3.05, 3.63) is 53.3 Å². The van der Waals surface area contributed by atoms with Crippen LogP contribution in [-0.4, -0.2) is 38.4 Å². The number of nitrogens with zero attached hydrogens (tertiary/aromatic N) is 5. The van der Waals surface area contributed by atoms with Crippen LogP contribution in [0.4, 0.5) is 5.82 Å². The number of imidazole rings is 1. The van der Waals surface area contributed by atoms with Crippen LogP contribution in [0.2, 0.25) is 0 Å². The molecule has 0 saturated heterocycles. The first kappa shape index (κ1) is 16.5. The molecule has 0 fully saturated rings. The average molecular weight is 366 g/mol. The number of aryl methyl sites for hydroxylation is 1. The van der Waals surface area contributed by atoms with Gasteiger partial charge in [-0.2, -0.15) is 5.10 Å². The van der Waals surface area contributed by atoms with Crippen molar-refractivity contribution in [1.29, 1.82) is 0 Å². The topological polar surface area (TPSA) is 77.2 Å². The van der Waals surface area contributed by atoms with Crippen LogP contribution in [0.5, 0.6) is 5.75 Å². The van der Waals surface area contributed by atoms with Gasteiger partial charge in [0.25, 0.3) is 0 Å². The van der Waals surface area contributed by atoms with Crippen LogP contribution < -0.4 is 10.1 Å². The van der Waals surface area contributed by atoms with Crippen molar-refractivity contribution in [1.82, 2.24) is 24.8 Å². The van der Waals surface area contributed by atoms with E-state index in [1.54, 1.807) is 18.4 Å². The lowest BCUT2D eigenvalue weighted by atomic mass is 10.1. The zero-order valence-electron chi connectivity index (χ0n) is 14.5. The Hall–Kier alpha value is -3.00. The highest BCUT2D eigenvalue weighted by Gasteiger charge is 2.08. The van der Waals surface area contributed by atoms with E-state index < -0.39 is 0 Å². The van der Waals surface area contributed by atoms with Gasteiger partial charge in [0.15, 0.2) is 0 Å². The normalized spacial score (nSPS) is 11.0. The molecule has 3 heterocycles. The zero-order valence-corrected chi connectivity index (χ0v) is 15.3. The van der Waals surface area contributed by atoms with E-state index in [4.69, 9.17) is 4.74 Å². The van der Waals surface area contributed by atoms with Crippen LogP contribution in [-0.2, 0) is 6.42 Å². The van der Waals surface area contributed by atoms with E-state index in [0.717, 1.165) is 51.5 Å². The number of ether oxygens (including phenoxy) is 1. The van der Waals surface area contributed by atoms with Crippen molar-refractivity contribution in [3.63, 3.8) is 0 Å². The Morgan fingerprint density at radius 3 is 2.81 bits per heavy atom. The summed E-state index contributed by atoms with van der Waals surface area (Å²) in [7, 11) is 1.65. The van der Waals surface area contributed by atoms with Crippen LogP contribution in [0.15, 0.2) is 42.6 Å². The molecule has 0 spiro atoms. The second-order valence-electron chi connectivity index (χ2n) is 5.76. The van der Waals surface area contributed by atoms with E-state index in [-0.39, 0.29) is 0 Å². The second-order valence-corrected chi connectivity index (χ2v) is 6.92. The highest BCUT2D eigenvalue weighted by atomic mass is 32.1.